The summed E-state index contributed by atoms with van der Waals surface area (Å²) in [5.74, 6) is -4.91. The molecule has 140 valence electrons. The molecule has 0 aliphatic heterocycles. The number of carbonyl (C=O) groups excluding carboxylic acids is 1. The molecule has 0 aliphatic carbocycles. The van der Waals surface area contributed by atoms with Crippen LogP contribution in [0.5, 0.6) is 5.75 Å². The molecule has 1 rings (SSSR count). The normalized spacial score (nSPS) is 12.0. The second kappa shape index (κ2) is 7.53. The highest BCUT2D eigenvalue weighted by atomic mass is 19.3. The number of nitro benzene ring substituents is 1. The first-order chi connectivity index (χ1) is 11.3. The van der Waals surface area contributed by atoms with E-state index in [2.05, 4.69) is 10.1 Å². The first-order valence-electron chi connectivity index (χ1n) is 6.88. The number of nitrogens with zero attached hydrogens (tertiary/aromatic N) is 1. The highest BCUT2D eigenvalue weighted by Crippen LogP contribution is 2.29. The molecule has 0 aromatic heterocycles. The smallest absolute Gasteiger partial charge is 0.412 e. The third-order valence-corrected chi connectivity index (χ3v) is 2.50. The van der Waals surface area contributed by atoms with Gasteiger partial charge in [0.15, 0.2) is 6.61 Å². The molecule has 7 nitrogen and oxygen atoms in total. The van der Waals surface area contributed by atoms with E-state index in [4.69, 9.17) is 4.74 Å². The minimum absolute atomic E-state index is 0.182. The number of carbonyl (C=O) groups is 1. The van der Waals surface area contributed by atoms with Crippen LogP contribution in [0.2, 0.25) is 0 Å². The molecule has 0 bridgehead atoms. The quantitative estimate of drug-likeness (QED) is 0.461. The molecule has 1 aromatic carbocycles. The Morgan fingerprint density at radius 1 is 1.28 bits per heavy atom. The van der Waals surface area contributed by atoms with E-state index in [1.165, 1.54) is 0 Å². The third kappa shape index (κ3) is 6.81. The number of non-ortho nitro benzene ring substituents is 1. The first kappa shape index (κ1) is 20.5. The lowest BCUT2D eigenvalue weighted by molar-refractivity contribution is -0.384. The maximum absolute atomic E-state index is 12.9. The van der Waals surface area contributed by atoms with E-state index in [1.54, 1.807) is 20.8 Å². The summed E-state index contributed by atoms with van der Waals surface area (Å²) in [6, 6.07) is 2.67. The molecule has 0 spiro atoms. The van der Waals surface area contributed by atoms with Crippen molar-refractivity contribution in [3.05, 3.63) is 28.3 Å². The molecular weight excluding hydrogens is 352 g/mol. The van der Waals surface area contributed by atoms with Gasteiger partial charge in [-0.25, -0.2) is 13.6 Å². The molecule has 0 fully saturated rings. The highest BCUT2D eigenvalue weighted by Gasteiger charge is 2.41. The van der Waals surface area contributed by atoms with Crippen LogP contribution in [-0.4, -0.2) is 35.6 Å². The number of nitro groups is 1. The highest BCUT2D eigenvalue weighted by molar-refractivity contribution is 5.85. The SMILES string of the molecule is CC(C)(C)OC(=O)Nc1cc(OCC(F)(F)C(F)F)cc([N+](=O)[O-])c1. The Balaban J connectivity index is 2.98. The maximum Gasteiger partial charge on any atom is 0.412 e. The van der Waals surface area contributed by atoms with Crippen LogP contribution in [0.25, 0.3) is 0 Å². The van der Waals surface area contributed by atoms with E-state index >= 15 is 0 Å². The Labute approximate surface area is 140 Å². The van der Waals surface area contributed by atoms with Crippen molar-refractivity contribution in [1.82, 2.24) is 0 Å². The third-order valence-electron chi connectivity index (χ3n) is 2.50. The predicted octanol–water partition coefficient (Wildman–Crippen LogP) is 4.22. The number of benzene rings is 1. The zero-order valence-corrected chi connectivity index (χ0v) is 13.5. The average Bonchev–Trinajstić information content (AvgIpc) is 2.42. The van der Waals surface area contributed by atoms with Crippen molar-refractivity contribution in [2.45, 2.75) is 38.7 Å². The summed E-state index contributed by atoms with van der Waals surface area (Å²) in [6.45, 7) is 3.07. The maximum atomic E-state index is 12.9. The van der Waals surface area contributed by atoms with Gasteiger partial charge in [0.2, 0.25) is 0 Å². The van der Waals surface area contributed by atoms with E-state index in [0.29, 0.717) is 0 Å². The van der Waals surface area contributed by atoms with Gasteiger partial charge in [0, 0.05) is 12.1 Å². The number of hydrogen-bond donors (Lipinski definition) is 1. The van der Waals surface area contributed by atoms with Gasteiger partial charge in [-0.05, 0) is 20.8 Å². The van der Waals surface area contributed by atoms with Crippen LogP contribution in [0.15, 0.2) is 18.2 Å². The summed E-state index contributed by atoms with van der Waals surface area (Å²) < 4.78 is 59.5. The standard InChI is InChI=1S/C14H16F4N2O5/c1-13(2,3)25-12(21)19-8-4-9(20(22)23)6-10(5-8)24-7-14(17,18)11(15)16/h4-6,11H,7H2,1-3H3,(H,19,21). The van der Waals surface area contributed by atoms with Gasteiger partial charge in [0.05, 0.1) is 16.7 Å². The largest absolute Gasteiger partial charge is 0.487 e. The molecule has 0 saturated heterocycles. The van der Waals surface area contributed by atoms with Crippen LogP contribution >= 0.6 is 0 Å². The molecule has 0 aliphatic rings. The van der Waals surface area contributed by atoms with Crippen LogP contribution in [-0.2, 0) is 4.74 Å². The van der Waals surface area contributed by atoms with E-state index in [9.17, 15) is 32.5 Å². The number of anilines is 1. The van der Waals surface area contributed by atoms with E-state index < -0.39 is 47.0 Å². The Morgan fingerprint density at radius 3 is 2.36 bits per heavy atom. The predicted molar refractivity (Wildman–Crippen MR) is 79.4 cm³/mol. The van der Waals surface area contributed by atoms with Crippen LogP contribution < -0.4 is 10.1 Å². The van der Waals surface area contributed by atoms with Crippen molar-refractivity contribution in [3.8, 4) is 5.75 Å². The zero-order chi connectivity index (χ0) is 19.4. The lowest BCUT2D eigenvalue weighted by Crippen LogP contribution is -2.33. The Kier molecular flexibility index (Phi) is 6.16. The lowest BCUT2D eigenvalue weighted by atomic mass is 10.2. The van der Waals surface area contributed by atoms with Crippen molar-refractivity contribution in [3.63, 3.8) is 0 Å². The number of alkyl halides is 4. The minimum atomic E-state index is -4.43. The minimum Gasteiger partial charge on any atom is -0.487 e. The summed E-state index contributed by atoms with van der Waals surface area (Å²) in [4.78, 5) is 21.7. The van der Waals surface area contributed by atoms with Gasteiger partial charge in [0.25, 0.3) is 5.69 Å². The van der Waals surface area contributed by atoms with Gasteiger partial charge in [-0.3, -0.25) is 15.4 Å². The topological polar surface area (TPSA) is 90.7 Å². The fraction of sp³-hybridized carbons (Fsp3) is 0.500. The summed E-state index contributed by atoms with van der Waals surface area (Å²) in [5.41, 5.74) is -1.62. The number of rotatable bonds is 6. The number of halogens is 4. The second-order valence-electron chi connectivity index (χ2n) is 5.95. The summed E-state index contributed by atoms with van der Waals surface area (Å²) >= 11 is 0. The van der Waals surface area contributed by atoms with Crippen molar-refractivity contribution in [1.29, 1.82) is 0 Å². The molecule has 11 heteroatoms. The summed E-state index contributed by atoms with van der Waals surface area (Å²) in [6.07, 6.45) is -4.90. The Morgan fingerprint density at radius 2 is 1.88 bits per heavy atom. The van der Waals surface area contributed by atoms with Gasteiger partial charge >= 0.3 is 18.4 Å². The van der Waals surface area contributed by atoms with Gasteiger partial charge < -0.3 is 9.47 Å². The molecule has 0 radical (unpaired) electrons. The van der Waals surface area contributed by atoms with Gasteiger partial charge in [0.1, 0.15) is 11.4 Å². The van der Waals surface area contributed by atoms with Crippen molar-refractivity contribution in [2.75, 3.05) is 11.9 Å². The molecule has 25 heavy (non-hydrogen) atoms. The van der Waals surface area contributed by atoms with Gasteiger partial charge in [-0.1, -0.05) is 0 Å². The molecule has 1 aromatic rings. The zero-order valence-electron chi connectivity index (χ0n) is 13.5. The molecule has 1 amide bonds. The van der Waals surface area contributed by atoms with Crippen molar-refractivity contribution >= 4 is 17.5 Å². The van der Waals surface area contributed by atoms with Crippen LogP contribution in [0.1, 0.15) is 20.8 Å². The molecule has 1 N–H and O–H groups in total. The average molecular weight is 368 g/mol. The van der Waals surface area contributed by atoms with Crippen molar-refractivity contribution < 1.29 is 36.8 Å². The number of amides is 1. The molecule has 0 unspecified atom stereocenters. The first-order valence-corrected chi connectivity index (χ1v) is 6.88. The summed E-state index contributed by atoms with van der Waals surface area (Å²) in [7, 11) is 0. The monoisotopic (exact) mass is 368 g/mol. The number of nitrogens with one attached hydrogen (secondary N) is 1. The summed E-state index contributed by atoms with van der Waals surface area (Å²) in [5, 5.41) is 13.0. The van der Waals surface area contributed by atoms with Crippen molar-refractivity contribution in [2.24, 2.45) is 0 Å². The van der Waals surface area contributed by atoms with E-state index in [-0.39, 0.29) is 5.69 Å². The van der Waals surface area contributed by atoms with E-state index in [1.807, 2.05) is 0 Å². The fourth-order valence-corrected chi connectivity index (χ4v) is 1.51. The van der Waals surface area contributed by atoms with Gasteiger partial charge in [-0.2, -0.15) is 8.78 Å². The molecule has 0 atom stereocenters. The lowest BCUT2D eigenvalue weighted by Gasteiger charge is -2.20. The van der Waals surface area contributed by atoms with E-state index in [0.717, 1.165) is 18.2 Å². The number of hydrogen-bond acceptors (Lipinski definition) is 5. The van der Waals surface area contributed by atoms with Crippen LogP contribution in [0.4, 0.5) is 33.7 Å². The van der Waals surface area contributed by atoms with Crippen LogP contribution in [0, 0.1) is 10.1 Å². The molecule has 0 heterocycles. The Bertz CT molecular complexity index is 647. The van der Waals surface area contributed by atoms with Crippen LogP contribution in [0.3, 0.4) is 0 Å². The second-order valence-corrected chi connectivity index (χ2v) is 5.95. The molecule has 0 saturated carbocycles. The number of ether oxygens (including phenoxy) is 2. The fourth-order valence-electron chi connectivity index (χ4n) is 1.51. The van der Waals surface area contributed by atoms with Gasteiger partial charge in [-0.15, -0.1) is 0 Å². The molecular formula is C14H16F4N2O5. The Hall–Kier alpha value is -2.59.